The van der Waals surface area contributed by atoms with Crippen LogP contribution in [0.5, 0.6) is 0 Å². The second kappa shape index (κ2) is 5.33. The van der Waals surface area contributed by atoms with Gasteiger partial charge in [0.2, 0.25) is 0 Å². The molecule has 1 aromatic carbocycles. The van der Waals surface area contributed by atoms with Crippen LogP contribution in [-0.4, -0.2) is 26.2 Å². The Labute approximate surface area is 115 Å². The van der Waals surface area contributed by atoms with E-state index >= 15 is 0 Å². The van der Waals surface area contributed by atoms with E-state index in [9.17, 15) is 14.9 Å². The van der Waals surface area contributed by atoms with Gasteiger partial charge in [0.25, 0.3) is 5.69 Å². The summed E-state index contributed by atoms with van der Waals surface area (Å²) in [4.78, 5) is 21.6. The summed E-state index contributed by atoms with van der Waals surface area (Å²) in [5.41, 5.74) is -0.762. The van der Waals surface area contributed by atoms with Gasteiger partial charge in [-0.05, 0) is 19.1 Å². The number of rotatable bonds is 4. The average molecular weight is 297 g/mol. The van der Waals surface area contributed by atoms with Crippen molar-refractivity contribution < 1.29 is 14.8 Å². The maximum atomic E-state index is 11.0. The Morgan fingerprint density at radius 1 is 1.47 bits per heavy atom. The molecule has 2 aromatic rings. The molecule has 0 bridgehead atoms. The van der Waals surface area contributed by atoms with Crippen molar-refractivity contribution in [2.45, 2.75) is 16.2 Å². The van der Waals surface area contributed by atoms with Gasteiger partial charge in [-0.3, -0.25) is 10.1 Å². The van der Waals surface area contributed by atoms with E-state index in [2.05, 4.69) is 10.2 Å². The predicted molar refractivity (Wildman–Crippen MR) is 68.8 cm³/mol. The highest BCUT2D eigenvalue weighted by Crippen LogP contribution is 2.32. The second-order valence-corrected chi connectivity index (χ2v) is 5.93. The summed E-state index contributed by atoms with van der Waals surface area (Å²) < 4.78 is 0.655. The van der Waals surface area contributed by atoms with Gasteiger partial charge in [0.15, 0.2) is 4.34 Å². The summed E-state index contributed by atoms with van der Waals surface area (Å²) in [5, 5.41) is 28.2. The third-order valence-electron chi connectivity index (χ3n) is 2.11. The molecule has 1 N–H and O–H groups in total. The molecule has 0 unspecified atom stereocenters. The maximum Gasteiger partial charge on any atom is 0.342 e. The predicted octanol–water partition coefficient (Wildman–Crippen LogP) is 2.60. The lowest BCUT2D eigenvalue weighted by Gasteiger charge is -2.01. The lowest BCUT2D eigenvalue weighted by atomic mass is 10.2. The average Bonchev–Trinajstić information content (AvgIpc) is 2.74. The highest BCUT2D eigenvalue weighted by molar-refractivity contribution is 8.01. The Balaban J connectivity index is 2.35. The molecule has 0 saturated carbocycles. The van der Waals surface area contributed by atoms with E-state index in [1.54, 1.807) is 6.92 Å². The number of hydrogen-bond donors (Lipinski definition) is 1. The minimum atomic E-state index is -1.33. The molecule has 19 heavy (non-hydrogen) atoms. The first-order valence-corrected chi connectivity index (χ1v) is 6.60. The number of nitro groups is 1. The third-order valence-corrected chi connectivity index (χ3v) is 3.99. The Morgan fingerprint density at radius 3 is 2.74 bits per heavy atom. The van der Waals surface area contributed by atoms with E-state index in [-0.39, 0.29) is 5.56 Å². The van der Waals surface area contributed by atoms with Crippen LogP contribution in [0.25, 0.3) is 0 Å². The first kappa shape index (κ1) is 13.4. The monoisotopic (exact) mass is 297 g/mol. The summed E-state index contributed by atoms with van der Waals surface area (Å²) in [6, 6.07) is 3.94. The van der Waals surface area contributed by atoms with E-state index in [1.165, 1.54) is 41.3 Å². The van der Waals surface area contributed by atoms with E-state index < -0.39 is 16.6 Å². The molecule has 0 aliphatic carbocycles. The molecule has 9 heteroatoms. The molecule has 2 rings (SSSR count). The van der Waals surface area contributed by atoms with Gasteiger partial charge in [-0.25, -0.2) is 4.79 Å². The number of benzene rings is 1. The molecule has 0 aliphatic rings. The van der Waals surface area contributed by atoms with Crippen LogP contribution in [0.4, 0.5) is 5.69 Å². The molecule has 98 valence electrons. The number of aromatic carboxylic acids is 1. The van der Waals surface area contributed by atoms with E-state index in [0.29, 0.717) is 9.24 Å². The highest BCUT2D eigenvalue weighted by Gasteiger charge is 2.20. The Kier molecular flexibility index (Phi) is 3.76. The summed E-state index contributed by atoms with van der Waals surface area (Å²) in [6.07, 6.45) is 0. The van der Waals surface area contributed by atoms with Crippen LogP contribution in [0, 0.1) is 17.0 Å². The van der Waals surface area contributed by atoms with Crippen LogP contribution < -0.4 is 0 Å². The molecule has 1 aromatic heterocycles. The van der Waals surface area contributed by atoms with Gasteiger partial charge in [-0.15, -0.1) is 10.2 Å². The summed E-state index contributed by atoms with van der Waals surface area (Å²) in [7, 11) is 0. The minimum Gasteiger partial charge on any atom is -0.477 e. The zero-order valence-corrected chi connectivity index (χ0v) is 11.2. The summed E-state index contributed by atoms with van der Waals surface area (Å²) in [5.74, 6) is -1.33. The number of nitrogens with zero attached hydrogens (tertiary/aromatic N) is 3. The molecule has 0 spiro atoms. The number of carboxylic acids is 1. The van der Waals surface area contributed by atoms with Crippen molar-refractivity contribution in [3.63, 3.8) is 0 Å². The number of carbonyl (C=O) groups is 1. The zero-order chi connectivity index (χ0) is 14.0. The van der Waals surface area contributed by atoms with Gasteiger partial charge in [-0.2, -0.15) is 0 Å². The van der Waals surface area contributed by atoms with Crippen LogP contribution in [-0.2, 0) is 0 Å². The van der Waals surface area contributed by atoms with E-state index in [1.807, 2.05) is 0 Å². The zero-order valence-electron chi connectivity index (χ0n) is 9.56. The fourth-order valence-electron chi connectivity index (χ4n) is 1.33. The molecule has 0 atom stereocenters. The van der Waals surface area contributed by atoms with E-state index in [4.69, 9.17) is 5.11 Å². The Bertz CT molecular complexity index is 656. The molecule has 0 fully saturated rings. The van der Waals surface area contributed by atoms with Crippen molar-refractivity contribution in [3.8, 4) is 0 Å². The molecule has 7 nitrogen and oxygen atoms in total. The number of nitro benzene ring substituents is 1. The van der Waals surface area contributed by atoms with Crippen LogP contribution >= 0.6 is 23.1 Å². The van der Waals surface area contributed by atoms with Gasteiger partial charge >= 0.3 is 5.97 Å². The SMILES string of the molecule is Cc1nnc(Sc2ccc([N+](=O)[O-])c(C(=O)O)c2)s1. The van der Waals surface area contributed by atoms with Gasteiger partial charge in [0.05, 0.1) is 4.92 Å². The number of aryl methyl sites for hydroxylation is 1. The van der Waals surface area contributed by atoms with Crippen molar-refractivity contribution in [2.75, 3.05) is 0 Å². The highest BCUT2D eigenvalue weighted by atomic mass is 32.2. The Morgan fingerprint density at radius 2 is 2.21 bits per heavy atom. The van der Waals surface area contributed by atoms with Crippen molar-refractivity contribution in [3.05, 3.63) is 38.9 Å². The van der Waals surface area contributed by atoms with Gasteiger partial charge < -0.3 is 5.11 Å². The first-order chi connectivity index (χ1) is 8.97. The van der Waals surface area contributed by atoms with Crippen molar-refractivity contribution in [1.82, 2.24) is 10.2 Å². The molecule has 0 aliphatic heterocycles. The summed E-state index contributed by atoms with van der Waals surface area (Å²) >= 11 is 2.59. The number of hydrogen-bond acceptors (Lipinski definition) is 7. The van der Waals surface area contributed by atoms with Gasteiger partial charge in [0, 0.05) is 11.0 Å². The van der Waals surface area contributed by atoms with Crippen molar-refractivity contribution in [1.29, 1.82) is 0 Å². The minimum absolute atomic E-state index is 0.337. The summed E-state index contributed by atoms with van der Waals surface area (Å²) in [6.45, 7) is 1.81. The second-order valence-electron chi connectivity index (χ2n) is 3.43. The largest absolute Gasteiger partial charge is 0.477 e. The molecule has 1 heterocycles. The smallest absolute Gasteiger partial charge is 0.342 e. The number of carboxylic acid groups (broad SMARTS) is 1. The quantitative estimate of drug-likeness (QED) is 0.682. The fourth-order valence-corrected chi connectivity index (χ4v) is 3.16. The molecule has 0 amide bonds. The molecule has 0 saturated heterocycles. The third kappa shape index (κ3) is 3.06. The van der Waals surface area contributed by atoms with Gasteiger partial charge in [-0.1, -0.05) is 23.1 Å². The first-order valence-electron chi connectivity index (χ1n) is 4.97. The topological polar surface area (TPSA) is 106 Å². The normalized spacial score (nSPS) is 10.4. The molecule has 0 radical (unpaired) electrons. The standard InChI is InChI=1S/C10H7N3O4S2/c1-5-11-12-10(18-5)19-6-2-3-8(13(16)17)7(4-6)9(14)15/h2-4H,1H3,(H,14,15). The van der Waals surface area contributed by atoms with Crippen molar-refractivity contribution in [2.24, 2.45) is 0 Å². The fraction of sp³-hybridized carbons (Fsp3) is 0.100. The number of aromatic nitrogens is 2. The van der Waals surface area contributed by atoms with Crippen LogP contribution in [0.15, 0.2) is 27.4 Å². The lowest BCUT2D eigenvalue weighted by Crippen LogP contribution is -2.02. The lowest BCUT2D eigenvalue weighted by molar-refractivity contribution is -0.385. The molecular formula is C10H7N3O4S2. The maximum absolute atomic E-state index is 11.0. The van der Waals surface area contributed by atoms with E-state index in [0.717, 1.165) is 5.01 Å². The van der Waals surface area contributed by atoms with Crippen molar-refractivity contribution >= 4 is 34.8 Å². The van der Waals surface area contributed by atoms with Crippen LogP contribution in [0.3, 0.4) is 0 Å². The van der Waals surface area contributed by atoms with Crippen LogP contribution in [0.1, 0.15) is 15.4 Å². The van der Waals surface area contributed by atoms with Crippen LogP contribution in [0.2, 0.25) is 0 Å². The molecular weight excluding hydrogens is 290 g/mol. The van der Waals surface area contributed by atoms with Gasteiger partial charge in [0.1, 0.15) is 10.6 Å². The Hall–Kier alpha value is -2.00.